The van der Waals surface area contributed by atoms with Gasteiger partial charge in [-0.15, -0.1) is 24.0 Å². The molecular formula is C21H39IN4O3. The van der Waals surface area contributed by atoms with Gasteiger partial charge in [0.15, 0.2) is 17.5 Å². The van der Waals surface area contributed by atoms with E-state index in [0.29, 0.717) is 35.9 Å². The Bertz CT molecular complexity index is 616. The highest BCUT2D eigenvalue weighted by atomic mass is 127. The summed E-state index contributed by atoms with van der Waals surface area (Å²) < 4.78 is 16.3. The van der Waals surface area contributed by atoms with Crippen LogP contribution < -0.4 is 24.8 Å². The topological polar surface area (TPSA) is 67.4 Å². The van der Waals surface area contributed by atoms with Gasteiger partial charge in [-0.2, -0.15) is 0 Å². The minimum absolute atomic E-state index is 0. The summed E-state index contributed by atoms with van der Waals surface area (Å²) in [5.74, 6) is 2.66. The Labute approximate surface area is 193 Å². The minimum atomic E-state index is 0. The maximum atomic E-state index is 5.53. The lowest BCUT2D eigenvalue weighted by atomic mass is 10.1. The van der Waals surface area contributed by atoms with Crippen LogP contribution in [-0.2, 0) is 6.54 Å². The van der Waals surface area contributed by atoms with Gasteiger partial charge in [0.2, 0.25) is 5.75 Å². The average molecular weight is 522 g/mol. The molecule has 29 heavy (non-hydrogen) atoms. The first-order valence-electron chi connectivity index (χ1n) is 9.87. The van der Waals surface area contributed by atoms with Crippen molar-refractivity contribution in [2.45, 2.75) is 52.7 Å². The molecule has 168 valence electrons. The van der Waals surface area contributed by atoms with Crippen molar-refractivity contribution in [3.63, 3.8) is 0 Å². The number of hydrogen-bond acceptors (Lipinski definition) is 5. The lowest BCUT2D eigenvalue weighted by molar-refractivity contribution is 0.173. The number of ether oxygens (including phenoxy) is 3. The SMILES string of the molecule is CN=C(NCCCN(C(C)C)C(C)C)NCc1ccc(OC)c(OC)c1OC.I. The van der Waals surface area contributed by atoms with Crippen LogP contribution in [0.25, 0.3) is 0 Å². The molecule has 0 aliphatic heterocycles. The van der Waals surface area contributed by atoms with Crippen molar-refractivity contribution in [3.8, 4) is 17.2 Å². The van der Waals surface area contributed by atoms with Gasteiger partial charge in [-0.1, -0.05) is 0 Å². The number of guanidine groups is 1. The van der Waals surface area contributed by atoms with Crippen LogP contribution in [0.5, 0.6) is 17.2 Å². The summed E-state index contributed by atoms with van der Waals surface area (Å²) in [7, 11) is 6.62. The third-order valence-corrected chi connectivity index (χ3v) is 4.67. The van der Waals surface area contributed by atoms with Gasteiger partial charge < -0.3 is 24.8 Å². The molecule has 8 heteroatoms. The van der Waals surface area contributed by atoms with E-state index in [1.165, 1.54) is 0 Å². The molecule has 2 N–H and O–H groups in total. The van der Waals surface area contributed by atoms with Crippen molar-refractivity contribution < 1.29 is 14.2 Å². The van der Waals surface area contributed by atoms with Gasteiger partial charge in [0.1, 0.15) is 0 Å². The zero-order valence-electron chi connectivity index (χ0n) is 19.2. The number of nitrogens with zero attached hydrogens (tertiary/aromatic N) is 2. The predicted molar refractivity (Wildman–Crippen MR) is 131 cm³/mol. The van der Waals surface area contributed by atoms with Crippen molar-refractivity contribution in [1.29, 1.82) is 0 Å². The second-order valence-electron chi connectivity index (χ2n) is 7.12. The van der Waals surface area contributed by atoms with Crippen LogP contribution in [0.1, 0.15) is 39.7 Å². The van der Waals surface area contributed by atoms with E-state index < -0.39 is 0 Å². The molecule has 1 rings (SSSR count). The van der Waals surface area contributed by atoms with Gasteiger partial charge in [0.05, 0.1) is 21.3 Å². The molecule has 0 saturated carbocycles. The van der Waals surface area contributed by atoms with Gasteiger partial charge in [0, 0.05) is 44.3 Å². The molecule has 0 aliphatic carbocycles. The molecule has 0 heterocycles. The Balaban J connectivity index is 0.00000784. The maximum Gasteiger partial charge on any atom is 0.203 e. The second-order valence-corrected chi connectivity index (χ2v) is 7.12. The summed E-state index contributed by atoms with van der Waals surface area (Å²) in [6.07, 6.45) is 1.05. The molecule has 0 saturated heterocycles. The van der Waals surface area contributed by atoms with Gasteiger partial charge in [0.25, 0.3) is 0 Å². The molecule has 0 atom stereocenters. The highest BCUT2D eigenvalue weighted by molar-refractivity contribution is 14.0. The van der Waals surface area contributed by atoms with E-state index in [2.05, 4.69) is 48.2 Å². The van der Waals surface area contributed by atoms with Gasteiger partial charge >= 0.3 is 0 Å². The quantitative estimate of drug-likeness (QED) is 0.201. The number of rotatable bonds is 11. The fourth-order valence-corrected chi connectivity index (χ4v) is 3.28. The third kappa shape index (κ3) is 8.46. The van der Waals surface area contributed by atoms with E-state index in [4.69, 9.17) is 14.2 Å². The summed E-state index contributed by atoms with van der Waals surface area (Å²) in [6, 6.07) is 4.94. The van der Waals surface area contributed by atoms with Crippen LogP contribution in [0.15, 0.2) is 17.1 Å². The monoisotopic (exact) mass is 522 g/mol. The van der Waals surface area contributed by atoms with Gasteiger partial charge in [-0.05, 0) is 46.2 Å². The third-order valence-electron chi connectivity index (χ3n) is 4.67. The molecule has 0 fully saturated rings. The fourth-order valence-electron chi connectivity index (χ4n) is 3.28. The zero-order chi connectivity index (χ0) is 21.1. The lowest BCUT2D eigenvalue weighted by Gasteiger charge is -2.30. The predicted octanol–water partition coefficient (Wildman–Crippen LogP) is 3.50. The number of benzene rings is 1. The van der Waals surface area contributed by atoms with Crippen LogP contribution in [-0.4, -0.2) is 64.4 Å². The summed E-state index contributed by atoms with van der Waals surface area (Å²) in [6.45, 7) is 11.4. The van der Waals surface area contributed by atoms with Crippen LogP contribution in [0, 0.1) is 0 Å². The Morgan fingerprint density at radius 3 is 2.07 bits per heavy atom. The highest BCUT2D eigenvalue weighted by Crippen LogP contribution is 2.39. The molecular weight excluding hydrogens is 483 g/mol. The van der Waals surface area contributed by atoms with E-state index in [1.807, 2.05) is 12.1 Å². The molecule has 0 spiro atoms. The molecule has 0 amide bonds. The average Bonchev–Trinajstić information content (AvgIpc) is 2.68. The number of methoxy groups -OCH3 is 3. The van der Waals surface area contributed by atoms with E-state index >= 15 is 0 Å². The van der Waals surface area contributed by atoms with Crippen molar-refractivity contribution in [1.82, 2.24) is 15.5 Å². The first kappa shape index (κ1) is 27.6. The lowest BCUT2D eigenvalue weighted by Crippen LogP contribution is -2.41. The first-order chi connectivity index (χ1) is 13.4. The summed E-state index contributed by atoms with van der Waals surface area (Å²) in [5, 5.41) is 6.71. The van der Waals surface area contributed by atoms with E-state index in [1.54, 1.807) is 28.4 Å². The highest BCUT2D eigenvalue weighted by Gasteiger charge is 2.16. The zero-order valence-corrected chi connectivity index (χ0v) is 21.5. The largest absolute Gasteiger partial charge is 0.493 e. The molecule has 1 aromatic carbocycles. The van der Waals surface area contributed by atoms with Crippen molar-refractivity contribution >= 4 is 29.9 Å². The van der Waals surface area contributed by atoms with E-state index in [9.17, 15) is 0 Å². The van der Waals surface area contributed by atoms with Crippen LogP contribution in [0.3, 0.4) is 0 Å². The van der Waals surface area contributed by atoms with Crippen molar-refractivity contribution in [2.24, 2.45) is 4.99 Å². The van der Waals surface area contributed by atoms with E-state index in [-0.39, 0.29) is 24.0 Å². The van der Waals surface area contributed by atoms with Crippen molar-refractivity contribution in [2.75, 3.05) is 41.5 Å². The Morgan fingerprint density at radius 1 is 0.966 bits per heavy atom. The molecule has 7 nitrogen and oxygen atoms in total. The smallest absolute Gasteiger partial charge is 0.203 e. The number of nitrogens with one attached hydrogen (secondary N) is 2. The molecule has 1 aromatic rings. The van der Waals surface area contributed by atoms with Crippen LogP contribution >= 0.6 is 24.0 Å². The van der Waals surface area contributed by atoms with Crippen LogP contribution in [0.4, 0.5) is 0 Å². The van der Waals surface area contributed by atoms with Crippen LogP contribution in [0.2, 0.25) is 0 Å². The fraction of sp³-hybridized carbons (Fsp3) is 0.667. The number of aliphatic imine (C=N–C) groups is 1. The number of hydrogen-bond donors (Lipinski definition) is 2. The Hall–Kier alpha value is -1.42. The molecule has 0 unspecified atom stereocenters. The van der Waals surface area contributed by atoms with Crippen molar-refractivity contribution in [3.05, 3.63) is 17.7 Å². The number of halogens is 1. The van der Waals surface area contributed by atoms with Gasteiger partial charge in [-0.3, -0.25) is 9.89 Å². The minimum Gasteiger partial charge on any atom is -0.493 e. The van der Waals surface area contributed by atoms with Gasteiger partial charge in [-0.25, -0.2) is 0 Å². The molecule has 0 radical (unpaired) electrons. The summed E-state index contributed by atoms with van der Waals surface area (Å²) in [4.78, 5) is 6.80. The molecule has 0 aromatic heterocycles. The second kappa shape index (κ2) is 14.5. The maximum absolute atomic E-state index is 5.53. The Kier molecular flexibility index (Phi) is 13.8. The first-order valence-corrected chi connectivity index (χ1v) is 9.87. The molecule has 0 aliphatic rings. The molecule has 0 bridgehead atoms. The standard InChI is InChI=1S/C21H38N4O3.HI/c1-15(2)25(16(3)4)13-9-12-23-21(22-5)24-14-17-10-11-18(26-6)20(28-8)19(17)27-7;/h10-11,15-16H,9,12-14H2,1-8H3,(H2,22,23,24);1H. The Morgan fingerprint density at radius 2 is 1.59 bits per heavy atom. The summed E-state index contributed by atoms with van der Waals surface area (Å²) >= 11 is 0. The normalized spacial score (nSPS) is 11.5. The van der Waals surface area contributed by atoms with E-state index in [0.717, 1.165) is 31.0 Å². The summed E-state index contributed by atoms with van der Waals surface area (Å²) in [5.41, 5.74) is 0.967.